The fraction of sp³-hybridized carbons (Fsp3) is 0.533. The first-order chi connectivity index (χ1) is 9.18. The molecule has 1 aromatic carbocycles. The SMILES string of the molecule is CC1C(C(=O)O)CCN1C1CCOc2ccccc21. The van der Waals surface area contributed by atoms with Gasteiger partial charge in [0.25, 0.3) is 0 Å². The zero-order valence-electron chi connectivity index (χ0n) is 11.1. The lowest BCUT2D eigenvalue weighted by Gasteiger charge is -2.36. The zero-order valence-corrected chi connectivity index (χ0v) is 11.1. The number of likely N-dealkylation sites (tertiary alicyclic amines) is 1. The molecule has 0 bridgehead atoms. The van der Waals surface area contributed by atoms with Crippen molar-refractivity contribution in [2.45, 2.75) is 31.8 Å². The molecule has 0 radical (unpaired) electrons. The summed E-state index contributed by atoms with van der Waals surface area (Å²) in [7, 11) is 0. The number of para-hydroxylation sites is 1. The van der Waals surface area contributed by atoms with Gasteiger partial charge in [0.15, 0.2) is 0 Å². The number of carbonyl (C=O) groups is 1. The van der Waals surface area contributed by atoms with Gasteiger partial charge in [-0.2, -0.15) is 0 Å². The van der Waals surface area contributed by atoms with Gasteiger partial charge in [0.2, 0.25) is 0 Å². The molecule has 3 atom stereocenters. The zero-order chi connectivity index (χ0) is 13.4. The van der Waals surface area contributed by atoms with Crippen LogP contribution in [0.25, 0.3) is 0 Å². The highest BCUT2D eigenvalue weighted by molar-refractivity contribution is 5.71. The third-order valence-corrected chi connectivity index (χ3v) is 4.45. The summed E-state index contributed by atoms with van der Waals surface area (Å²) < 4.78 is 5.68. The molecule has 2 aliphatic rings. The van der Waals surface area contributed by atoms with Gasteiger partial charge in [-0.15, -0.1) is 0 Å². The second kappa shape index (κ2) is 4.85. The third kappa shape index (κ3) is 2.10. The van der Waals surface area contributed by atoms with Gasteiger partial charge in [-0.05, 0) is 26.0 Å². The van der Waals surface area contributed by atoms with Gasteiger partial charge in [-0.1, -0.05) is 18.2 Å². The Morgan fingerprint density at radius 2 is 2.16 bits per heavy atom. The summed E-state index contributed by atoms with van der Waals surface area (Å²) in [5.41, 5.74) is 1.20. The minimum atomic E-state index is -0.671. The average molecular weight is 261 g/mol. The predicted octanol–water partition coefficient (Wildman–Crippen LogP) is 2.31. The van der Waals surface area contributed by atoms with Crippen LogP contribution in [0.3, 0.4) is 0 Å². The number of benzene rings is 1. The Kier molecular flexibility index (Phi) is 3.19. The number of fused-ring (bicyclic) bond motifs is 1. The number of aliphatic carboxylic acids is 1. The lowest BCUT2D eigenvalue weighted by molar-refractivity contribution is -0.142. The van der Waals surface area contributed by atoms with E-state index in [1.54, 1.807) is 0 Å². The summed E-state index contributed by atoms with van der Waals surface area (Å²) in [6.07, 6.45) is 1.68. The lowest BCUT2D eigenvalue weighted by atomic mass is 9.97. The maximum absolute atomic E-state index is 11.2. The van der Waals surface area contributed by atoms with Crippen LogP contribution in [0, 0.1) is 5.92 Å². The first-order valence-electron chi connectivity index (χ1n) is 6.89. The van der Waals surface area contributed by atoms with Gasteiger partial charge in [0.05, 0.1) is 12.5 Å². The van der Waals surface area contributed by atoms with E-state index >= 15 is 0 Å². The van der Waals surface area contributed by atoms with E-state index in [1.807, 2.05) is 25.1 Å². The van der Waals surface area contributed by atoms with Crippen LogP contribution < -0.4 is 4.74 Å². The quantitative estimate of drug-likeness (QED) is 0.887. The molecule has 4 nitrogen and oxygen atoms in total. The van der Waals surface area contributed by atoms with Crippen LogP contribution in [0.5, 0.6) is 5.75 Å². The van der Waals surface area contributed by atoms with E-state index in [0.29, 0.717) is 12.6 Å². The molecule has 0 saturated carbocycles. The summed E-state index contributed by atoms with van der Waals surface area (Å²) in [6.45, 7) is 3.60. The van der Waals surface area contributed by atoms with Crippen LogP contribution in [0.4, 0.5) is 0 Å². The van der Waals surface area contributed by atoms with Gasteiger partial charge in [0.1, 0.15) is 5.75 Å². The average Bonchev–Trinajstić information content (AvgIpc) is 2.80. The Morgan fingerprint density at radius 3 is 2.89 bits per heavy atom. The summed E-state index contributed by atoms with van der Waals surface area (Å²) in [5.74, 6) is 0.0371. The van der Waals surface area contributed by atoms with Crippen molar-refractivity contribution in [2.24, 2.45) is 5.92 Å². The number of ether oxygens (including phenoxy) is 1. The Bertz CT molecular complexity index is 488. The van der Waals surface area contributed by atoms with E-state index in [9.17, 15) is 9.90 Å². The van der Waals surface area contributed by atoms with Crippen molar-refractivity contribution in [1.82, 2.24) is 4.90 Å². The van der Waals surface area contributed by atoms with Crippen molar-refractivity contribution in [3.8, 4) is 5.75 Å². The van der Waals surface area contributed by atoms with Gasteiger partial charge in [0, 0.05) is 24.1 Å². The molecular formula is C15H19NO3. The highest BCUT2D eigenvalue weighted by Gasteiger charge is 2.40. The largest absolute Gasteiger partial charge is 0.493 e. The maximum Gasteiger partial charge on any atom is 0.308 e. The molecule has 0 amide bonds. The molecule has 2 aliphatic heterocycles. The molecule has 3 unspecified atom stereocenters. The molecule has 1 fully saturated rings. The molecule has 4 heteroatoms. The van der Waals surface area contributed by atoms with Crippen LogP contribution in [-0.4, -0.2) is 35.2 Å². The Labute approximate surface area is 113 Å². The van der Waals surface area contributed by atoms with E-state index in [0.717, 1.165) is 25.1 Å². The number of carboxylic acids is 1. The number of rotatable bonds is 2. The Morgan fingerprint density at radius 1 is 1.37 bits per heavy atom. The van der Waals surface area contributed by atoms with Crippen molar-refractivity contribution in [2.75, 3.05) is 13.2 Å². The molecule has 1 N–H and O–H groups in total. The highest BCUT2D eigenvalue weighted by Crippen LogP contribution is 2.40. The molecule has 3 rings (SSSR count). The normalized spacial score (nSPS) is 30.7. The fourth-order valence-electron chi connectivity index (χ4n) is 3.40. The van der Waals surface area contributed by atoms with E-state index in [-0.39, 0.29) is 12.0 Å². The number of nitrogens with zero attached hydrogens (tertiary/aromatic N) is 1. The van der Waals surface area contributed by atoms with Crippen molar-refractivity contribution >= 4 is 5.97 Å². The van der Waals surface area contributed by atoms with Crippen molar-refractivity contribution < 1.29 is 14.6 Å². The molecule has 1 saturated heterocycles. The molecule has 1 aromatic rings. The molecule has 0 aromatic heterocycles. The highest BCUT2D eigenvalue weighted by atomic mass is 16.5. The summed E-state index contributed by atoms with van der Waals surface area (Å²) in [5, 5.41) is 9.24. The second-order valence-corrected chi connectivity index (χ2v) is 5.40. The van der Waals surface area contributed by atoms with Crippen LogP contribution in [-0.2, 0) is 4.79 Å². The molecule has 102 valence electrons. The third-order valence-electron chi connectivity index (χ3n) is 4.45. The van der Waals surface area contributed by atoms with Gasteiger partial charge in [-0.3, -0.25) is 9.69 Å². The molecule has 2 heterocycles. The van der Waals surface area contributed by atoms with Crippen LogP contribution >= 0.6 is 0 Å². The van der Waals surface area contributed by atoms with Crippen molar-refractivity contribution in [1.29, 1.82) is 0 Å². The second-order valence-electron chi connectivity index (χ2n) is 5.40. The number of hydrogen-bond acceptors (Lipinski definition) is 3. The van der Waals surface area contributed by atoms with E-state index in [4.69, 9.17) is 4.74 Å². The van der Waals surface area contributed by atoms with Crippen LogP contribution in [0.15, 0.2) is 24.3 Å². The predicted molar refractivity (Wildman–Crippen MR) is 71.2 cm³/mol. The Hall–Kier alpha value is -1.55. The monoisotopic (exact) mass is 261 g/mol. The van der Waals surface area contributed by atoms with Crippen LogP contribution in [0.1, 0.15) is 31.4 Å². The number of carboxylic acid groups (broad SMARTS) is 1. The van der Waals surface area contributed by atoms with Crippen LogP contribution in [0.2, 0.25) is 0 Å². The fourth-order valence-corrected chi connectivity index (χ4v) is 3.40. The lowest BCUT2D eigenvalue weighted by Crippen LogP contribution is -2.38. The minimum absolute atomic E-state index is 0.0913. The van der Waals surface area contributed by atoms with Crippen molar-refractivity contribution in [3.05, 3.63) is 29.8 Å². The van der Waals surface area contributed by atoms with Gasteiger partial charge in [-0.25, -0.2) is 0 Å². The number of hydrogen-bond donors (Lipinski definition) is 1. The van der Waals surface area contributed by atoms with E-state index in [2.05, 4.69) is 11.0 Å². The smallest absolute Gasteiger partial charge is 0.308 e. The summed E-state index contributed by atoms with van der Waals surface area (Å²) in [6, 6.07) is 8.49. The molecule has 0 spiro atoms. The molecule has 0 aliphatic carbocycles. The molecule has 19 heavy (non-hydrogen) atoms. The first-order valence-corrected chi connectivity index (χ1v) is 6.89. The summed E-state index contributed by atoms with van der Waals surface area (Å²) in [4.78, 5) is 13.6. The van der Waals surface area contributed by atoms with E-state index in [1.165, 1.54) is 5.56 Å². The standard InChI is InChI=1S/C15H19NO3/c1-10-11(15(17)18)6-8-16(10)13-7-9-19-14-5-3-2-4-12(13)14/h2-5,10-11,13H,6-9H2,1H3,(H,17,18). The van der Waals surface area contributed by atoms with E-state index < -0.39 is 5.97 Å². The topological polar surface area (TPSA) is 49.8 Å². The molecular weight excluding hydrogens is 242 g/mol. The first kappa shape index (κ1) is 12.5. The van der Waals surface area contributed by atoms with Gasteiger partial charge >= 0.3 is 5.97 Å². The Balaban J connectivity index is 1.87. The maximum atomic E-state index is 11.2. The summed E-state index contributed by atoms with van der Waals surface area (Å²) >= 11 is 0. The minimum Gasteiger partial charge on any atom is -0.493 e. The van der Waals surface area contributed by atoms with Gasteiger partial charge < -0.3 is 9.84 Å². The van der Waals surface area contributed by atoms with Crippen molar-refractivity contribution in [3.63, 3.8) is 0 Å².